The molecule has 0 atom stereocenters. The van der Waals surface area contributed by atoms with Gasteiger partial charge in [0.15, 0.2) is 0 Å². The van der Waals surface area contributed by atoms with Crippen LogP contribution in [0.2, 0.25) is 0 Å². The van der Waals surface area contributed by atoms with Crippen LogP contribution in [0.15, 0.2) is 78.9 Å². The van der Waals surface area contributed by atoms with Crippen LogP contribution in [-0.2, 0) is 0 Å². The number of rotatable bonds is 3. The van der Waals surface area contributed by atoms with Crippen molar-refractivity contribution in [3.8, 4) is 11.8 Å². The van der Waals surface area contributed by atoms with Gasteiger partial charge in [-0.2, -0.15) is 0 Å². The minimum Gasteiger partial charge on any atom is -0.0657 e. The molecule has 0 unspecified atom stereocenters. The molecular formula is C32H31B. The Morgan fingerprint density at radius 2 is 0.970 bits per heavy atom. The van der Waals surface area contributed by atoms with Gasteiger partial charge in [-0.05, 0) is 59.7 Å². The minimum atomic E-state index is 0.132. The summed E-state index contributed by atoms with van der Waals surface area (Å²) in [5.74, 6) is 6.89. The van der Waals surface area contributed by atoms with Gasteiger partial charge >= 0.3 is 0 Å². The molecular weight excluding hydrogens is 395 g/mol. The minimum absolute atomic E-state index is 0.132. The van der Waals surface area contributed by atoms with Crippen molar-refractivity contribution in [3.05, 3.63) is 123 Å². The van der Waals surface area contributed by atoms with Crippen molar-refractivity contribution in [2.45, 2.75) is 41.5 Å². The van der Waals surface area contributed by atoms with E-state index in [0.717, 1.165) is 11.1 Å². The summed E-state index contributed by atoms with van der Waals surface area (Å²) < 4.78 is 0. The molecule has 162 valence electrons. The molecule has 0 bridgehead atoms. The molecule has 0 amide bonds. The van der Waals surface area contributed by atoms with Gasteiger partial charge in [0.2, 0.25) is 6.71 Å². The van der Waals surface area contributed by atoms with Gasteiger partial charge in [-0.15, -0.1) is 0 Å². The van der Waals surface area contributed by atoms with E-state index in [1.807, 2.05) is 18.2 Å². The summed E-state index contributed by atoms with van der Waals surface area (Å²) >= 11 is 0. The Balaban J connectivity index is 2.00. The zero-order valence-electron chi connectivity index (χ0n) is 20.6. The lowest BCUT2D eigenvalue weighted by Gasteiger charge is -2.25. The second-order valence-corrected chi connectivity index (χ2v) is 9.26. The Kier molecular flexibility index (Phi) is 6.57. The highest BCUT2D eigenvalue weighted by atomic mass is 14.1. The van der Waals surface area contributed by atoms with E-state index in [4.69, 9.17) is 0 Å². The third kappa shape index (κ3) is 4.81. The Labute approximate surface area is 199 Å². The van der Waals surface area contributed by atoms with Crippen molar-refractivity contribution in [3.63, 3.8) is 0 Å². The lowest BCUT2D eigenvalue weighted by Crippen LogP contribution is -2.56. The SMILES string of the molecule is Cc1cc(C)c(B(c2ccccc2C#Cc2ccccc2)c2c(C)cc(C)cc2C)c(C)c1. The number of hydrogen-bond acceptors (Lipinski definition) is 0. The van der Waals surface area contributed by atoms with Crippen molar-refractivity contribution in [2.24, 2.45) is 0 Å². The second kappa shape index (κ2) is 9.56. The molecule has 0 nitrogen and oxygen atoms in total. The fraction of sp³-hybridized carbons (Fsp3) is 0.188. The highest BCUT2D eigenvalue weighted by molar-refractivity contribution is 6.97. The Bertz CT molecular complexity index is 1260. The third-order valence-electron chi connectivity index (χ3n) is 6.44. The molecule has 0 aromatic heterocycles. The van der Waals surface area contributed by atoms with Crippen LogP contribution in [0.25, 0.3) is 0 Å². The first-order valence-corrected chi connectivity index (χ1v) is 11.7. The number of hydrogen-bond donors (Lipinski definition) is 0. The number of aryl methyl sites for hydroxylation is 6. The van der Waals surface area contributed by atoms with E-state index in [2.05, 4.69) is 114 Å². The van der Waals surface area contributed by atoms with Crippen LogP contribution in [0, 0.1) is 53.4 Å². The molecule has 4 aromatic rings. The fourth-order valence-electron chi connectivity index (χ4n) is 5.27. The monoisotopic (exact) mass is 426 g/mol. The van der Waals surface area contributed by atoms with E-state index in [1.54, 1.807) is 0 Å². The van der Waals surface area contributed by atoms with Crippen molar-refractivity contribution >= 4 is 23.1 Å². The summed E-state index contributed by atoms with van der Waals surface area (Å²) in [4.78, 5) is 0. The molecule has 0 N–H and O–H groups in total. The molecule has 4 rings (SSSR count). The molecule has 4 aromatic carbocycles. The van der Waals surface area contributed by atoms with Gasteiger partial charge in [-0.3, -0.25) is 0 Å². The van der Waals surface area contributed by atoms with Crippen molar-refractivity contribution < 1.29 is 0 Å². The predicted octanol–water partition coefficient (Wildman–Crippen LogP) is 5.45. The smallest absolute Gasteiger partial charge is 0.0657 e. The lowest BCUT2D eigenvalue weighted by atomic mass is 9.33. The molecule has 0 heterocycles. The average molecular weight is 426 g/mol. The van der Waals surface area contributed by atoms with Gasteiger partial charge in [0.25, 0.3) is 0 Å². The standard InChI is InChI=1S/C32H31B/c1-22-18-24(3)31(25(4)19-22)33(32-26(5)20-23(2)21-27(32)6)30-15-11-10-14-29(30)17-16-28-12-8-7-9-13-28/h7-15,18-21H,1-6H3. The highest BCUT2D eigenvalue weighted by Crippen LogP contribution is 2.14. The quantitative estimate of drug-likeness (QED) is 0.302. The zero-order valence-corrected chi connectivity index (χ0v) is 20.6. The maximum absolute atomic E-state index is 3.50. The summed E-state index contributed by atoms with van der Waals surface area (Å²) in [5.41, 5.74) is 14.1. The van der Waals surface area contributed by atoms with Crippen LogP contribution in [0.5, 0.6) is 0 Å². The van der Waals surface area contributed by atoms with E-state index in [0.29, 0.717) is 0 Å². The van der Waals surface area contributed by atoms with E-state index < -0.39 is 0 Å². The van der Waals surface area contributed by atoms with Crippen LogP contribution in [0.4, 0.5) is 0 Å². The van der Waals surface area contributed by atoms with Gasteiger partial charge < -0.3 is 0 Å². The summed E-state index contributed by atoms with van der Waals surface area (Å²) in [6, 6.07) is 28.2. The normalized spacial score (nSPS) is 10.5. The Morgan fingerprint density at radius 3 is 1.48 bits per heavy atom. The van der Waals surface area contributed by atoms with Gasteiger partial charge in [0.1, 0.15) is 0 Å². The Morgan fingerprint density at radius 1 is 0.515 bits per heavy atom. The van der Waals surface area contributed by atoms with Gasteiger partial charge in [-0.25, -0.2) is 0 Å². The molecule has 0 saturated heterocycles. The molecule has 33 heavy (non-hydrogen) atoms. The van der Waals surface area contributed by atoms with E-state index >= 15 is 0 Å². The average Bonchev–Trinajstić information content (AvgIpc) is 2.76. The first kappa shape index (κ1) is 22.7. The first-order valence-electron chi connectivity index (χ1n) is 11.7. The van der Waals surface area contributed by atoms with Crippen LogP contribution in [-0.4, -0.2) is 6.71 Å². The molecule has 0 aliphatic carbocycles. The van der Waals surface area contributed by atoms with Crippen molar-refractivity contribution in [1.82, 2.24) is 0 Å². The van der Waals surface area contributed by atoms with Crippen LogP contribution < -0.4 is 16.4 Å². The summed E-state index contributed by atoms with van der Waals surface area (Å²) in [6.45, 7) is 13.5. The first-order chi connectivity index (χ1) is 15.8. The Hall–Kier alpha value is -3.50. The summed E-state index contributed by atoms with van der Waals surface area (Å²) in [6.07, 6.45) is 0. The maximum atomic E-state index is 3.50. The molecule has 0 fully saturated rings. The summed E-state index contributed by atoms with van der Waals surface area (Å²) in [7, 11) is 0. The third-order valence-corrected chi connectivity index (χ3v) is 6.44. The second-order valence-electron chi connectivity index (χ2n) is 9.26. The molecule has 0 aliphatic rings. The van der Waals surface area contributed by atoms with Crippen molar-refractivity contribution in [2.75, 3.05) is 0 Å². The van der Waals surface area contributed by atoms with Crippen LogP contribution in [0.1, 0.15) is 44.5 Å². The van der Waals surface area contributed by atoms with Gasteiger partial charge in [0.05, 0.1) is 0 Å². The van der Waals surface area contributed by atoms with Crippen LogP contribution >= 0.6 is 0 Å². The topological polar surface area (TPSA) is 0 Å². The highest BCUT2D eigenvalue weighted by Gasteiger charge is 2.29. The van der Waals surface area contributed by atoms with E-state index in [-0.39, 0.29) is 6.71 Å². The van der Waals surface area contributed by atoms with E-state index in [1.165, 1.54) is 49.8 Å². The lowest BCUT2D eigenvalue weighted by molar-refractivity contribution is 1.34. The van der Waals surface area contributed by atoms with Crippen LogP contribution in [0.3, 0.4) is 0 Å². The molecule has 0 saturated carbocycles. The molecule has 0 spiro atoms. The molecule has 0 aliphatic heterocycles. The molecule has 0 radical (unpaired) electrons. The number of benzene rings is 4. The zero-order chi connectivity index (χ0) is 23.5. The van der Waals surface area contributed by atoms with Gasteiger partial charge in [-0.1, -0.05) is 122 Å². The van der Waals surface area contributed by atoms with Gasteiger partial charge in [0, 0.05) is 11.1 Å². The van der Waals surface area contributed by atoms with Crippen molar-refractivity contribution in [1.29, 1.82) is 0 Å². The largest absolute Gasteiger partial charge is 0.244 e. The van der Waals surface area contributed by atoms with E-state index in [9.17, 15) is 0 Å². The maximum Gasteiger partial charge on any atom is 0.244 e. The molecule has 1 heteroatoms. The predicted molar refractivity (Wildman–Crippen MR) is 145 cm³/mol. The fourth-order valence-corrected chi connectivity index (χ4v) is 5.27. The summed E-state index contributed by atoms with van der Waals surface area (Å²) in [5, 5.41) is 0.